The van der Waals surface area contributed by atoms with Crippen LogP contribution in [0.1, 0.15) is 29.6 Å². The molecule has 6 nitrogen and oxygen atoms in total. The minimum Gasteiger partial charge on any atom is -0.496 e. The molecule has 7 heteroatoms. The highest BCUT2D eigenvalue weighted by molar-refractivity contribution is 7.19. The Morgan fingerprint density at radius 2 is 2.07 bits per heavy atom. The van der Waals surface area contributed by atoms with Crippen LogP contribution in [-0.4, -0.2) is 22.6 Å². The molecule has 0 aliphatic carbocycles. The molecule has 1 aromatic carbocycles. The van der Waals surface area contributed by atoms with Crippen LogP contribution in [0.3, 0.4) is 0 Å². The van der Waals surface area contributed by atoms with Crippen molar-refractivity contribution in [1.29, 1.82) is 0 Å². The van der Waals surface area contributed by atoms with E-state index in [1.165, 1.54) is 11.3 Å². The topological polar surface area (TPSA) is 87.2 Å². The zero-order valence-corrected chi connectivity index (χ0v) is 16.8. The summed E-state index contributed by atoms with van der Waals surface area (Å²) in [6.07, 6.45) is 0.705. The maximum Gasteiger partial charge on any atom is 0.262 e. The molecule has 0 unspecified atom stereocenters. The lowest BCUT2D eigenvalue weighted by Gasteiger charge is -2.12. The molecule has 27 heavy (non-hydrogen) atoms. The van der Waals surface area contributed by atoms with E-state index in [1.807, 2.05) is 39.0 Å². The van der Waals surface area contributed by atoms with Crippen molar-refractivity contribution in [2.24, 2.45) is 5.73 Å². The molecule has 3 aromatic rings. The average molecular weight is 385 g/mol. The van der Waals surface area contributed by atoms with Gasteiger partial charge in [0, 0.05) is 35.4 Å². The molecule has 2 heterocycles. The second kappa shape index (κ2) is 7.52. The molecule has 3 rings (SSSR count). The molecule has 0 bridgehead atoms. The van der Waals surface area contributed by atoms with Gasteiger partial charge in [-0.2, -0.15) is 0 Å². The van der Waals surface area contributed by atoms with Crippen LogP contribution in [0.2, 0.25) is 0 Å². The van der Waals surface area contributed by atoms with Crippen molar-refractivity contribution in [3.8, 4) is 16.9 Å². The zero-order chi connectivity index (χ0) is 19.7. The number of ether oxygens (including phenoxy) is 1. The van der Waals surface area contributed by atoms with E-state index < -0.39 is 5.91 Å². The molecular weight excluding hydrogens is 362 g/mol. The van der Waals surface area contributed by atoms with E-state index in [9.17, 15) is 9.59 Å². The fourth-order valence-corrected chi connectivity index (χ4v) is 4.35. The Kier molecular flexibility index (Phi) is 5.32. The first-order chi connectivity index (χ1) is 12.9. The largest absolute Gasteiger partial charge is 0.496 e. The zero-order valence-electron chi connectivity index (χ0n) is 16.0. The van der Waals surface area contributed by atoms with Gasteiger partial charge in [0.15, 0.2) is 0 Å². The van der Waals surface area contributed by atoms with Crippen LogP contribution in [0.5, 0.6) is 5.75 Å². The van der Waals surface area contributed by atoms with Crippen molar-refractivity contribution >= 4 is 27.5 Å². The number of hydrogen-bond donors (Lipinski definition) is 1. The number of amides is 1. The van der Waals surface area contributed by atoms with E-state index in [2.05, 4.69) is 0 Å². The third kappa shape index (κ3) is 3.47. The summed E-state index contributed by atoms with van der Waals surface area (Å²) in [5, 5.41) is 0.572. The van der Waals surface area contributed by atoms with Gasteiger partial charge in [0.05, 0.1) is 12.5 Å². The van der Waals surface area contributed by atoms with Crippen molar-refractivity contribution in [2.75, 3.05) is 7.11 Å². The van der Waals surface area contributed by atoms with E-state index in [-0.39, 0.29) is 18.5 Å². The maximum atomic E-state index is 13.3. The second-order valence-corrected chi connectivity index (χ2v) is 7.68. The van der Waals surface area contributed by atoms with Crippen LogP contribution in [0.4, 0.5) is 0 Å². The summed E-state index contributed by atoms with van der Waals surface area (Å²) in [6, 6.07) is 5.91. The number of primary amides is 1. The molecule has 0 saturated carbocycles. The van der Waals surface area contributed by atoms with Gasteiger partial charge in [0.2, 0.25) is 5.91 Å². The van der Waals surface area contributed by atoms with Crippen molar-refractivity contribution in [1.82, 2.24) is 9.55 Å². The third-order valence-electron chi connectivity index (χ3n) is 4.59. The number of carbonyl (C=O) groups excluding carboxylic acids is 1. The summed E-state index contributed by atoms with van der Waals surface area (Å²) in [5.41, 5.74) is 7.96. The molecule has 1 amide bonds. The fourth-order valence-electron chi connectivity index (χ4n) is 3.30. The van der Waals surface area contributed by atoms with Gasteiger partial charge in [-0.3, -0.25) is 14.2 Å². The number of methoxy groups -OCH3 is 1. The lowest BCUT2D eigenvalue weighted by molar-refractivity contribution is -0.118. The molecule has 0 fully saturated rings. The number of hydrogen-bond acceptors (Lipinski definition) is 5. The summed E-state index contributed by atoms with van der Waals surface area (Å²) in [5.74, 6) is 0.940. The van der Waals surface area contributed by atoms with Gasteiger partial charge in [-0.25, -0.2) is 4.98 Å². The van der Waals surface area contributed by atoms with Crippen LogP contribution < -0.4 is 16.0 Å². The summed E-state index contributed by atoms with van der Waals surface area (Å²) in [4.78, 5) is 31.0. The highest BCUT2D eigenvalue weighted by Crippen LogP contribution is 2.40. The summed E-state index contributed by atoms with van der Waals surface area (Å²) >= 11 is 1.50. The normalized spacial score (nSPS) is 11.1. The van der Waals surface area contributed by atoms with Crippen molar-refractivity contribution in [3.05, 3.63) is 44.8 Å². The Bertz CT molecular complexity index is 1080. The van der Waals surface area contributed by atoms with Gasteiger partial charge in [-0.05, 0) is 26.0 Å². The first kappa shape index (κ1) is 19.1. The summed E-state index contributed by atoms with van der Waals surface area (Å²) in [6.45, 7) is 6.17. The van der Waals surface area contributed by atoms with Gasteiger partial charge in [0.25, 0.3) is 5.56 Å². The number of fused-ring (bicyclic) bond motifs is 1. The minimum absolute atomic E-state index is 0.103. The second-order valence-electron chi connectivity index (χ2n) is 6.47. The van der Waals surface area contributed by atoms with E-state index in [4.69, 9.17) is 15.5 Å². The Hall–Kier alpha value is -2.67. The van der Waals surface area contributed by atoms with Crippen LogP contribution >= 0.6 is 11.3 Å². The van der Waals surface area contributed by atoms with Crippen LogP contribution in [0.25, 0.3) is 21.3 Å². The Morgan fingerprint density at radius 3 is 2.70 bits per heavy atom. The number of aromatic nitrogens is 2. The summed E-state index contributed by atoms with van der Waals surface area (Å²) < 4.78 is 7.11. The first-order valence-electron chi connectivity index (χ1n) is 8.83. The highest BCUT2D eigenvalue weighted by Gasteiger charge is 2.21. The number of thiophene rings is 1. The Labute approximate surface area is 161 Å². The standard InChI is InChI=1S/C20H23N3O3S/c1-5-16-22-19-18(20(25)23(16)9-8-15(21)24)17(12(3)27-19)13-10-11(2)6-7-14(13)26-4/h6-7,10H,5,8-9H2,1-4H3,(H2,21,24). The minimum atomic E-state index is -0.439. The number of nitrogens with zero attached hydrogens (tertiary/aromatic N) is 2. The lowest BCUT2D eigenvalue weighted by atomic mass is 10.0. The van der Waals surface area contributed by atoms with E-state index in [0.29, 0.717) is 28.2 Å². The summed E-state index contributed by atoms with van der Waals surface area (Å²) in [7, 11) is 1.62. The van der Waals surface area contributed by atoms with Crippen molar-refractivity contribution < 1.29 is 9.53 Å². The van der Waals surface area contributed by atoms with E-state index >= 15 is 0 Å². The number of nitrogens with two attached hydrogens (primary N) is 1. The molecule has 0 aliphatic rings. The molecular formula is C20H23N3O3S. The molecule has 0 radical (unpaired) electrons. The van der Waals surface area contributed by atoms with Crippen molar-refractivity contribution in [3.63, 3.8) is 0 Å². The fraction of sp³-hybridized carbons (Fsp3) is 0.350. The molecule has 2 N–H and O–H groups in total. The number of rotatable bonds is 6. The quantitative estimate of drug-likeness (QED) is 0.706. The van der Waals surface area contributed by atoms with Crippen LogP contribution in [0.15, 0.2) is 23.0 Å². The highest BCUT2D eigenvalue weighted by atomic mass is 32.1. The number of aryl methyl sites for hydroxylation is 3. The Balaban J connectivity index is 2.34. The molecule has 0 spiro atoms. The van der Waals surface area contributed by atoms with E-state index in [1.54, 1.807) is 11.7 Å². The smallest absolute Gasteiger partial charge is 0.262 e. The lowest BCUT2D eigenvalue weighted by Crippen LogP contribution is -2.27. The maximum absolute atomic E-state index is 13.3. The van der Waals surface area contributed by atoms with Crippen LogP contribution in [-0.2, 0) is 17.8 Å². The number of carbonyl (C=O) groups is 1. The third-order valence-corrected chi connectivity index (χ3v) is 5.59. The number of benzene rings is 1. The SMILES string of the molecule is CCc1nc2sc(C)c(-c3cc(C)ccc3OC)c2c(=O)n1CCC(N)=O. The molecule has 0 saturated heterocycles. The molecule has 0 aliphatic heterocycles. The van der Waals surface area contributed by atoms with Crippen molar-refractivity contribution in [2.45, 2.75) is 40.2 Å². The van der Waals surface area contributed by atoms with E-state index in [0.717, 1.165) is 21.6 Å². The van der Waals surface area contributed by atoms with Crippen LogP contribution in [0, 0.1) is 13.8 Å². The predicted octanol–water partition coefficient (Wildman–Crippen LogP) is 3.19. The molecule has 2 aromatic heterocycles. The van der Waals surface area contributed by atoms with Gasteiger partial charge >= 0.3 is 0 Å². The molecule has 142 valence electrons. The van der Waals surface area contributed by atoms with Gasteiger partial charge in [-0.15, -0.1) is 11.3 Å². The molecule has 0 atom stereocenters. The monoisotopic (exact) mass is 385 g/mol. The van der Waals surface area contributed by atoms with Gasteiger partial charge in [0.1, 0.15) is 16.4 Å². The first-order valence-corrected chi connectivity index (χ1v) is 9.65. The predicted molar refractivity (Wildman–Crippen MR) is 109 cm³/mol. The Morgan fingerprint density at radius 1 is 1.33 bits per heavy atom. The van der Waals surface area contributed by atoms with Gasteiger partial charge < -0.3 is 10.5 Å². The average Bonchev–Trinajstić information content (AvgIpc) is 2.96. The van der Waals surface area contributed by atoms with Gasteiger partial charge in [-0.1, -0.05) is 18.6 Å².